The monoisotopic (exact) mass is 186 g/mol. The zero-order valence-electron chi connectivity index (χ0n) is 6.30. The van der Waals surface area contributed by atoms with Crippen molar-refractivity contribution in [3.05, 3.63) is 24.2 Å². The molecular formula is C7H6O6. The van der Waals surface area contributed by atoms with Gasteiger partial charge in [0.05, 0.1) is 6.26 Å². The first kappa shape index (κ1) is 9.27. The van der Waals surface area contributed by atoms with E-state index >= 15 is 0 Å². The van der Waals surface area contributed by atoms with Crippen molar-refractivity contribution < 1.29 is 29.3 Å². The molecule has 0 saturated carbocycles. The third-order valence-electron chi connectivity index (χ3n) is 1.50. The summed E-state index contributed by atoms with van der Waals surface area (Å²) in [6, 6.07) is 2.36. The number of furan rings is 1. The Bertz CT molecular complexity index is 311. The van der Waals surface area contributed by atoms with Crippen LogP contribution in [0.4, 0.5) is 0 Å². The molecule has 0 atom stereocenters. The highest BCUT2D eigenvalue weighted by Crippen LogP contribution is 2.22. The van der Waals surface area contributed by atoms with Crippen LogP contribution < -0.4 is 0 Å². The largest absolute Gasteiger partial charge is 0.478 e. The van der Waals surface area contributed by atoms with Crippen LogP contribution in [0.15, 0.2) is 22.8 Å². The molecule has 0 radical (unpaired) electrons. The normalized spacial score (nSPS) is 11.2. The molecule has 0 aliphatic carbocycles. The zero-order valence-corrected chi connectivity index (χ0v) is 6.30. The number of rotatable bonds is 3. The summed E-state index contributed by atoms with van der Waals surface area (Å²) < 4.78 is 4.51. The second-order valence-electron chi connectivity index (χ2n) is 2.30. The lowest BCUT2D eigenvalue weighted by atomic mass is 10.0. The number of carboxylic acid groups (broad SMARTS) is 2. The molecule has 1 aromatic rings. The molecule has 0 bridgehead atoms. The van der Waals surface area contributed by atoms with Crippen LogP contribution in [-0.2, 0) is 15.2 Å². The van der Waals surface area contributed by atoms with Crippen LogP contribution in [0.25, 0.3) is 0 Å². The smallest absolute Gasteiger partial charge is 0.355 e. The van der Waals surface area contributed by atoms with Gasteiger partial charge in [-0.25, -0.2) is 9.59 Å². The second-order valence-corrected chi connectivity index (χ2v) is 2.30. The SMILES string of the molecule is O=C(O)C(O)(C(=O)O)c1ccco1. The van der Waals surface area contributed by atoms with Crippen molar-refractivity contribution in [3.8, 4) is 0 Å². The van der Waals surface area contributed by atoms with Crippen molar-refractivity contribution in [1.29, 1.82) is 0 Å². The van der Waals surface area contributed by atoms with E-state index in [-0.39, 0.29) is 0 Å². The van der Waals surface area contributed by atoms with Gasteiger partial charge in [-0.05, 0) is 12.1 Å². The Morgan fingerprint density at radius 2 is 1.85 bits per heavy atom. The fourth-order valence-corrected chi connectivity index (χ4v) is 0.787. The van der Waals surface area contributed by atoms with Crippen LogP contribution in [0.2, 0.25) is 0 Å². The van der Waals surface area contributed by atoms with Gasteiger partial charge in [-0.2, -0.15) is 0 Å². The highest BCUT2D eigenvalue weighted by molar-refractivity contribution is 6.01. The van der Waals surface area contributed by atoms with E-state index in [1.54, 1.807) is 0 Å². The topological polar surface area (TPSA) is 108 Å². The van der Waals surface area contributed by atoms with Crippen molar-refractivity contribution in [2.24, 2.45) is 0 Å². The average Bonchev–Trinajstić information content (AvgIpc) is 2.54. The van der Waals surface area contributed by atoms with Crippen LogP contribution in [-0.4, -0.2) is 27.3 Å². The summed E-state index contributed by atoms with van der Waals surface area (Å²) in [7, 11) is 0. The molecular weight excluding hydrogens is 180 g/mol. The van der Waals surface area contributed by atoms with Gasteiger partial charge in [0.2, 0.25) is 0 Å². The van der Waals surface area contributed by atoms with Gasteiger partial charge in [-0.3, -0.25) is 0 Å². The Kier molecular flexibility index (Phi) is 2.07. The van der Waals surface area contributed by atoms with E-state index < -0.39 is 23.3 Å². The number of carboxylic acids is 2. The summed E-state index contributed by atoms with van der Waals surface area (Å²) in [5.74, 6) is -4.32. The first-order valence-electron chi connectivity index (χ1n) is 3.22. The van der Waals surface area contributed by atoms with Crippen molar-refractivity contribution in [1.82, 2.24) is 0 Å². The van der Waals surface area contributed by atoms with Gasteiger partial charge < -0.3 is 19.7 Å². The summed E-state index contributed by atoms with van der Waals surface area (Å²) in [4.78, 5) is 20.9. The summed E-state index contributed by atoms with van der Waals surface area (Å²) in [6.07, 6.45) is 1.08. The summed E-state index contributed by atoms with van der Waals surface area (Å²) in [6.45, 7) is 0. The molecule has 0 unspecified atom stereocenters. The van der Waals surface area contributed by atoms with Crippen molar-refractivity contribution in [2.45, 2.75) is 5.60 Å². The molecule has 0 saturated heterocycles. The van der Waals surface area contributed by atoms with Gasteiger partial charge in [0.25, 0.3) is 0 Å². The van der Waals surface area contributed by atoms with E-state index in [2.05, 4.69) is 4.42 Å². The predicted molar refractivity (Wildman–Crippen MR) is 37.9 cm³/mol. The molecule has 1 heterocycles. The maximum Gasteiger partial charge on any atom is 0.355 e. The number of carbonyl (C=O) groups is 2. The van der Waals surface area contributed by atoms with Crippen molar-refractivity contribution >= 4 is 11.9 Å². The van der Waals surface area contributed by atoms with Crippen LogP contribution in [0.3, 0.4) is 0 Å². The predicted octanol–water partition coefficient (Wildman–Crippen LogP) is -0.364. The maximum absolute atomic E-state index is 10.5. The van der Waals surface area contributed by atoms with Crippen LogP contribution in [0.5, 0.6) is 0 Å². The molecule has 1 rings (SSSR count). The third kappa shape index (κ3) is 1.27. The first-order valence-corrected chi connectivity index (χ1v) is 3.22. The van der Waals surface area contributed by atoms with Gasteiger partial charge in [0, 0.05) is 0 Å². The van der Waals surface area contributed by atoms with Gasteiger partial charge >= 0.3 is 17.5 Å². The number of aliphatic carboxylic acids is 2. The maximum atomic E-state index is 10.5. The lowest BCUT2D eigenvalue weighted by Crippen LogP contribution is -2.43. The van der Waals surface area contributed by atoms with E-state index in [0.29, 0.717) is 0 Å². The zero-order chi connectivity index (χ0) is 10.1. The summed E-state index contributed by atoms with van der Waals surface area (Å²) in [5, 5.41) is 26.2. The minimum Gasteiger partial charge on any atom is -0.478 e. The molecule has 1 aromatic heterocycles. The van der Waals surface area contributed by atoms with E-state index in [1.165, 1.54) is 6.07 Å². The molecule has 0 spiro atoms. The minimum atomic E-state index is -3.01. The quantitative estimate of drug-likeness (QED) is 0.556. The van der Waals surface area contributed by atoms with E-state index in [9.17, 15) is 14.7 Å². The number of hydrogen-bond acceptors (Lipinski definition) is 4. The van der Waals surface area contributed by atoms with Gasteiger partial charge in [0.15, 0.2) is 5.76 Å². The highest BCUT2D eigenvalue weighted by atomic mass is 16.5. The molecule has 0 fully saturated rings. The molecule has 0 aromatic carbocycles. The summed E-state index contributed by atoms with van der Waals surface area (Å²) in [5.41, 5.74) is -3.01. The van der Waals surface area contributed by atoms with E-state index in [0.717, 1.165) is 12.3 Å². The molecule has 6 nitrogen and oxygen atoms in total. The lowest BCUT2D eigenvalue weighted by molar-refractivity contribution is -0.179. The Hall–Kier alpha value is -1.82. The van der Waals surface area contributed by atoms with Gasteiger partial charge in [-0.15, -0.1) is 0 Å². The van der Waals surface area contributed by atoms with Crippen molar-refractivity contribution in [3.63, 3.8) is 0 Å². The third-order valence-corrected chi connectivity index (χ3v) is 1.50. The van der Waals surface area contributed by atoms with Crippen LogP contribution in [0, 0.1) is 0 Å². The standard InChI is InChI=1S/C7H6O6/c8-5(9)7(12,6(10)11)4-2-1-3-13-4/h1-3,12H,(H,8,9)(H,10,11). The first-order chi connectivity index (χ1) is 5.99. The molecule has 13 heavy (non-hydrogen) atoms. The molecule has 3 N–H and O–H groups in total. The lowest BCUT2D eigenvalue weighted by Gasteiger charge is -2.14. The highest BCUT2D eigenvalue weighted by Gasteiger charge is 2.49. The number of aliphatic hydroxyl groups is 1. The summed E-state index contributed by atoms with van der Waals surface area (Å²) >= 11 is 0. The Labute approximate surface area is 72.0 Å². The second kappa shape index (κ2) is 2.91. The Morgan fingerprint density at radius 3 is 2.15 bits per heavy atom. The molecule has 6 heteroatoms. The van der Waals surface area contributed by atoms with Crippen molar-refractivity contribution in [2.75, 3.05) is 0 Å². The Morgan fingerprint density at radius 1 is 1.31 bits per heavy atom. The molecule has 70 valence electrons. The molecule has 0 aliphatic heterocycles. The number of hydrogen-bond donors (Lipinski definition) is 3. The van der Waals surface area contributed by atoms with E-state index in [1.807, 2.05) is 0 Å². The van der Waals surface area contributed by atoms with Crippen LogP contribution in [0.1, 0.15) is 5.76 Å². The van der Waals surface area contributed by atoms with Crippen LogP contribution >= 0.6 is 0 Å². The Balaban J connectivity index is 3.21. The van der Waals surface area contributed by atoms with E-state index in [4.69, 9.17) is 10.2 Å². The minimum absolute atomic E-state index is 0.535. The van der Waals surface area contributed by atoms with Gasteiger partial charge in [-0.1, -0.05) is 0 Å². The van der Waals surface area contributed by atoms with Gasteiger partial charge in [0.1, 0.15) is 0 Å². The molecule has 0 amide bonds. The molecule has 0 aliphatic rings. The fraction of sp³-hybridized carbons (Fsp3) is 0.143. The average molecular weight is 186 g/mol. The fourth-order valence-electron chi connectivity index (χ4n) is 0.787.